The molecule has 2 unspecified atom stereocenters. The van der Waals surface area contributed by atoms with Crippen molar-refractivity contribution in [3.63, 3.8) is 0 Å². The third-order valence-corrected chi connectivity index (χ3v) is 3.65. The first kappa shape index (κ1) is 15.9. The summed E-state index contributed by atoms with van der Waals surface area (Å²) >= 11 is 0. The molecule has 2 amide bonds. The van der Waals surface area contributed by atoms with Gasteiger partial charge in [-0.2, -0.15) is 0 Å². The number of aliphatic hydroxyl groups excluding tert-OH is 1. The second-order valence-electron chi connectivity index (χ2n) is 5.66. The van der Waals surface area contributed by atoms with Gasteiger partial charge in [0.1, 0.15) is 0 Å². The minimum Gasteiger partial charge on any atom is -0.393 e. The molecule has 1 saturated heterocycles. The number of aliphatic hydroxyl groups is 1. The molecule has 0 saturated carbocycles. The molecule has 19 heavy (non-hydrogen) atoms. The topological polar surface area (TPSA) is 95.7 Å². The number of amides is 2. The maximum Gasteiger partial charge on any atom is 0.241 e. The second-order valence-corrected chi connectivity index (χ2v) is 5.66. The number of piperidine rings is 1. The second kappa shape index (κ2) is 6.86. The van der Waals surface area contributed by atoms with E-state index >= 15 is 0 Å². The Morgan fingerprint density at radius 3 is 2.63 bits per heavy atom. The van der Waals surface area contributed by atoms with E-state index in [2.05, 4.69) is 5.32 Å². The normalized spacial score (nSPS) is 25.3. The Kier molecular flexibility index (Phi) is 5.75. The van der Waals surface area contributed by atoms with Crippen molar-refractivity contribution < 1.29 is 14.7 Å². The van der Waals surface area contributed by atoms with E-state index in [-0.39, 0.29) is 36.3 Å². The number of nitrogens with zero attached hydrogens (tertiary/aromatic N) is 1. The molecule has 0 spiro atoms. The molecule has 0 aromatic carbocycles. The van der Waals surface area contributed by atoms with E-state index in [0.717, 1.165) is 0 Å². The highest BCUT2D eigenvalue weighted by Gasteiger charge is 2.27. The lowest BCUT2D eigenvalue weighted by molar-refractivity contribution is -0.136. The molecule has 0 radical (unpaired) electrons. The van der Waals surface area contributed by atoms with Gasteiger partial charge in [0.15, 0.2) is 0 Å². The van der Waals surface area contributed by atoms with Crippen molar-refractivity contribution in [1.29, 1.82) is 0 Å². The van der Waals surface area contributed by atoms with E-state index in [1.165, 1.54) is 0 Å². The Bertz CT molecular complexity index is 333. The van der Waals surface area contributed by atoms with Gasteiger partial charge in [-0.15, -0.1) is 0 Å². The van der Waals surface area contributed by atoms with Crippen LogP contribution < -0.4 is 11.1 Å². The largest absolute Gasteiger partial charge is 0.393 e. The minimum absolute atomic E-state index is 0.0257. The van der Waals surface area contributed by atoms with E-state index in [9.17, 15) is 14.7 Å². The predicted molar refractivity (Wildman–Crippen MR) is 72.2 cm³/mol. The van der Waals surface area contributed by atoms with Gasteiger partial charge in [-0.25, -0.2) is 0 Å². The lowest BCUT2D eigenvalue weighted by Gasteiger charge is -2.34. The van der Waals surface area contributed by atoms with Crippen LogP contribution in [0, 0.1) is 11.8 Å². The zero-order chi connectivity index (χ0) is 14.6. The van der Waals surface area contributed by atoms with Crippen LogP contribution in [0.5, 0.6) is 0 Å². The zero-order valence-electron chi connectivity index (χ0n) is 11.9. The molecule has 6 nitrogen and oxygen atoms in total. The van der Waals surface area contributed by atoms with Crippen molar-refractivity contribution in [2.24, 2.45) is 17.6 Å². The highest BCUT2D eigenvalue weighted by atomic mass is 16.3. The van der Waals surface area contributed by atoms with Gasteiger partial charge in [-0.05, 0) is 18.3 Å². The van der Waals surface area contributed by atoms with Crippen LogP contribution in [0.1, 0.15) is 27.2 Å². The zero-order valence-corrected chi connectivity index (χ0v) is 11.9. The summed E-state index contributed by atoms with van der Waals surface area (Å²) in [4.78, 5) is 25.3. The van der Waals surface area contributed by atoms with Crippen molar-refractivity contribution >= 4 is 11.8 Å². The van der Waals surface area contributed by atoms with E-state index < -0.39 is 6.04 Å². The van der Waals surface area contributed by atoms with Crippen molar-refractivity contribution in [1.82, 2.24) is 10.2 Å². The van der Waals surface area contributed by atoms with E-state index in [0.29, 0.717) is 19.5 Å². The Balaban J connectivity index is 2.37. The number of likely N-dealkylation sites (tertiary alicyclic amines) is 1. The smallest absolute Gasteiger partial charge is 0.241 e. The SMILES string of the molecule is CC1CN(C(=O)CNC(=O)[C@@H](N)C(C)C)CCC1O. The van der Waals surface area contributed by atoms with Gasteiger partial charge >= 0.3 is 0 Å². The molecule has 1 fully saturated rings. The number of hydrogen-bond donors (Lipinski definition) is 3. The first-order valence-corrected chi connectivity index (χ1v) is 6.82. The molecular formula is C13H25N3O3. The summed E-state index contributed by atoms with van der Waals surface area (Å²) in [6.45, 7) is 6.68. The third-order valence-electron chi connectivity index (χ3n) is 3.65. The van der Waals surface area contributed by atoms with Crippen molar-refractivity contribution in [2.45, 2.75) is 39.3 Å². The van der Waals surface area contributed by atoms with Crippen LogP contribution in [0.25, 0.3) is 0 Å². The molecule has 4 N–H and O–H groups in total. The molecule has 0 aliphatic carbocycles. The van der Waals surface area contributed by atoms with Crippen LogP contribution >= 0.6 is 0 Å². The van der Waals surface area contributed by atoms with Gasteiger partial charge < -0.3 is 21.1 Å². The average molecular weight is 271 g/mol. The van der Waals surface area contributed by atoms with E-state index in [1.807, 2.05) is 20.8 Å². The fourth-order valence-corrected chi connectivity index (χ4v) is 2.05. The van der Waals surface area contributed by atoms with Gasteiger partial charge in [0, 0.05) is 13.1 Å². The molecule has 1 heterocycles. The fraction of sp³-hybridized carbons (Fsp3) is 0.846. The van der Waals surface area contributed by atoms with Crippen LogP contribution in [-0.2, 0) is 9.59 Å². The molecule has 1 aliphatic rings. The first-order chi connectivity index (χ1) is 8.82. The molecule has 1 aliphatic heterocycles. The maximum atomic E-state index is 11.9. The Morgan fingerprint density at radius 2 is 2.11 bits per heavy atom. The molecule has 0 bridgehead atoms. The number of carbonyl (C=O) groups is 2. The standard InChI is InChI=1S/C13H25N3O3/c1-8(2)12(14)13(19)15-6-11(18)16-5-4-10(17)9(3)7-16/h8-10,12,17H,4-7,14H2,1-3H3,(H,15,19)/t9?,10?,12-/m0/s1. The number of hydrogen-bond acceptors (Lipinski definition) is 4. The van der Waals surface area contributed by atoms with Crippen molar-refractivity contribution in [3.05, 3.63) is 0 Å². The average Bonchev–Trinajstić information content (AvgIpc) is 2.37. The van der Waals surface area contributed by atoms with Gasteiger partial charge in [-0.3, -0.25) is 9.59 Å². The van der Waals surface area contributed by atoms with Gasteiger partial charge in [-0.1, -0.05) is 20.8 Å². The van der Waals surface area contributed by atoms with Gasteiger partial charge in [0.2, 0.25) is 11.8 Å². The predicted octanol–water partition coefficient (Wildman–Crippen LogP) is -0.685. The number of carbonyl (C=O) groups excluding carboxylic acids is 2. The molecule has 3 atom stereocenters. The van der Waals surface area contributed by atoms with Gasteiger partial charge in [0.05, 0.1) is 18.7 Å². The van der Waals surface area contributed by atoms with E-state index in [1.54, 1.807) is 4.90 Å². The van der Waals surface area contributed by atoms with Crippen LogP contribution in [0.15, 0.2) is 0 Å². The minimum atomic E-state index is -0.588. The van der Waals surface area contributed by atoms with Crippen molar-refractivity contribution in [3.8, 4) is 0 Å². The molecule has 110 valence electrons. The molecule has 0 aromatic rings. The summed E-state index contributed by atoms with van der Waals surface area (Å²) in [5.74, 6) is -0.303. The number of nitrogens with two attached hydrogens (primary N) is 1. The van der Waals surface area contributed by atoms with Crippen LogP contribution in [0.4, 0.5) is 0 Å². The fourth-order valence-electron chi connectivity index (χ4n) is 2.05. The first-order valence-electron chi connectivity index (χ1n) is 6.82. The van der Waals surface area contributed by atoms with Crippen LogP contribution in [0.3, 0.4) is 0 Å². The summed E-state index contributed by atoms with van der Waals surface area (Å²) in [6, 6.07) is -0.588. The maximum absolute atomic E-state index is 11.9. The third kappa shape index (κ3) is 4.47. The highest BCUT2D eigenvalue weighted by Crippen LogP contribution is 2.16. The monoisotopic (exact) mass is 271 g/mol. The Hall–Kier alpha value is -1.14. The summed E-state index contributed by atoms with van der Waals surface area (Å²) in [6.07, 6.45) is 0.250. The number of nitrogens with one attached hydrogen (secondary N) is 1. The molecule has 1 rings (SSSR count). The summed E-state index contributed by atoms with van der Waals surface area (Å²) in [5, 5.41) is 12.2. The van der Waals surface area contributed by atoms with Crippen LogP contribution in [-0.4, -0.2) is 53.6 Å². The Labute approximate surface area is 114 Å². The van der Waals surface area contributed by atoms with E-state index in [4.69, 9.17) is 5.73 Å². The summed E-state index contributed by atoms with van der Waals surface area (Å²) < 4.78 is 0. The number of rotatable bonds is 4. The van der Waals surface area contributed by atoms with Crippen LogP contribution in [0.2, 0.25) is 0 Å². The summed E-state index contributed by atoms with van der Waals surface area (Å²) in [5.41, 5.74) is 5.69. The lowest BCUT2D eigenvalue weighted by Crippen LogP contribution is -2.51. The highest BCUT2D eigenvalue weighted by molar-refractivity contribution is 5.87. The summed E-state index contributed by atoms with van der Waals surface area (Å²) in [7, 11) is 0. The lowest BCUT2D eigenvalue weighted by atomic mass is 9.97. The quantitative estimate of drug-likeness (QED) is 0.631. The molecule has 6 heteroatoms. The molecule has 0 aromatic heterocycles. The molecular weight excluding hydrogens is 246 g/mol. The van der Waals surface area contributed by atoms with Gasteiger partial charge in [0.25, 0.3) is 0 Å². The Morgan fingerprint density at radius 1 is 1.47 bits per heavy atom. The van der Waals surface area contributed by atoms with Crippen molar-refractivity contribution in [2.75, 3.05) is 19.6 Å².